The van der Waals surface area contributed by atoms with Gasteiger partial charge in [0, 0.05) is 17.3 Å². The van der Waals surface area contributed by atoms with Gasteiger partial charge < -0.3 is 10.5 Å². The lowest BCUT2D eigenvalue weighted by atomic mass is 10.1. The summed E-state index contributed by atoms with van der Waals surface area (Å²) in [6.45, 7) is 1.74. The number of ether oxygens (including phenoxy) is 1. The van der Waals surface area contributed by atoms with E-state index in [9.17, 15) is 4.79 Å². The summed E-state index contributed by atoms with van der Waals surface area (Å²) >= 11 is 6.10. The Bertz CT molecular complexity index is 721. The van der Waals surface area contributed by atoms with Gasteiger partial charge in [0.15, 0.2) is 0 Å². The standard InChI is InChI=1S/C19H18ClNO2/c1-14(20)18(13-16-9-5-6-10-17(16)21)23-19(22)12-11-15-7-3-2-4-8-15/h2-14H,21H2,1H3. The zero-order valence-electron chi connectivity index (χ0n) is 12.8. The fourth-order valence-electron chi connectivity index (χ4n) is 1.90. The quantitative estimate of drug-likeness (QED) is 0.289. The Morgan fingerprint density at radius 3 is 2.43 bits per heavy atom. The molecule has 2 N–H and O–H groups in total. The van der Waals surface area contributed by atoms with Crippen molar-refractivity contribution < 1.29 is 9.53 Å². The van der Waals surface area contributed by atoms with Gasteiger partial charge in [-0.1, -0.05) is 48.5 Å². The van der Waals surface area contributed by atoms with Gasteiger partial charge in [0.1, 0.15) is 5.76 Å². The van der Waals surface area contributed by atoms with Crippen LogP contribution in [0.1, 0.15) is 18.1 Å². The largest absolute Gasteiger partial charge is 0.426 e. The number of anilines is 1. The van der Waals surface area contributed by atoms with Crippen molar-refractivity contribution in [3.05, 3.63) is 77.6 Å². The number of halogens is 1. The van der Waals surface area contributed by atoms with Crippen molar-refractivity contribution in [2.75, 3.05) is 5.73 Å². The van der Waals surface area contributed by atoms with E-state index >= 15 is 0 Å². The second-order valence-corrected chi connectivity index (χ2v) is 5.61. The predicted molar refractivity (Wildman–Crippen MR) is 95.7 cm³/mol. The Balaban J connectivity index is 2.12. The maximum Gasteiger partial charge on any atom is 0.335 e. The van der Waals surface area contributed by atoms with Crippen molar-refractivity contribution in [3.63, 3.8) is 0 Å². The summed E-state index contributed by atoms with van der Waals surface area (Å²) in [5.41, 5.74) is 8.16. The summed E-state index contributed by atoms with van der Waals surface area (Å²) in [6.07, 6.45) is 4.74. The van der Waals surface area contributed by atoms with Gasteiger partial charge in [0.25, 0.3) is 0 Å². The number of benzene rings is 2. The molecular formula is C19H18ClNO2. The van der Waals surface area contributed by atoms with E-state index in [0.29, 0.717) is 11.4 Å². The lowest BCUT2D eigenvalue weighted by Crippen LogP contribution is -2.08. The van der Waals surface area contributed by atoms with E-state index in [1.807, 2.05) is 48.5 Å². The summed E-state index contributed by atoms with van der Waals surface area (Å²) in [5.74, 6) is -0.130. The molecular weight excluding hydrogens is 310 g/mol. The summed E-state index contributed by atoms with van der Waals surface area (Å²) in [5, 5.41) is -0.455. The molecule has 0 fully saturated rings. The highest BCUT2D eigenvalue weighted by molar-refractivity contribution is 6.22. The third-order valence-electron chi connectivity index (χ3n) is 3.12. The molecule has 1 atom stereocenters. The molecule has 0 bridgehead atoms. The van der Waals surface area contributed by atoms with Crippen LogP contribution in [0.15, 0.2) is 66.4 Å². The molecule has 2 rings (SSSR count). The van der Waals surface area contributed by atoms with E-state index < -0.39 is 11.3 Å². The first-order chi connectivity index (χ1) is 11.1. The van der Waals surface area contributed by atoms with Crippen molar-refractivity contribution in [2.24, 2.45) is 0 Å². The van der Waals surface area contributed by atoms with Crippen LogP contribution in [-0.4, -0.2) is 11.3 Å². The number of carbonyl (C=O) groups excluding carboxylic acids is 1. The molecule has 0 aliphatic carbocycles. The number of alkyl halides is 1. The number of allylic oxidation sites excluding steroid dienone is 1. The molecule has 3 nitrogen and oxygen atoms in total. The van der Waals surface area contributed by atoms with Crippen molar-refractivity contribution in [1.29, 1.82) is 0 Å². The fraction of sp³-hybridized carbons (Fsp3) is 0.105. The summed E-state index contributed by atoms with van der Waals surface area (Å²) < 4.78 is 5.34. The molecule has 0 aliphatic heterocycles. The average molecular weight is 328 g/mol. The van der Waals surface area contributed by atoms with Gasteiger partial charge in [0.2, 0.25) is 0 Å². The van der Waals surface area contributed by atoms with Crippen molar-refractivity contribution in [1.82, 2.24) is 0 Å². The number of rotatable bonds is 5. The molecule has 0 saturated heterocycles. The van der Waals surface area contributed by atoms with E-state index in [0.717, 1.165) is 11.1 Å². The van der Waals surface area contributed by atoms with E-state index in [1.54, 1.807) is 25.1 Å². The first-order valence-corrected chi connectivity index (χ1v) is 7.65. The molecule has 2 aromatic rings. The molecule has 0 aliphatic rings. The van der Waals surface area contributed by atoms with Crippen LogP contribution >= 0.6 is 11.6 Å². The van der Waals surface area contributed by atoms with Crippen LogP contribution in [0.4, 0.5) is 5.69 Å². The van der Waals surface area contributed by atoms with Gasteiger partial charge in [-0.3, -0.25) is 0 Å². The van der Waals surface area contributed by atoms with Crippen LogP contribution < -0.4 is 5.73 Å². The van der Waals surface area contributed by atoms with Crippen molar-refractivity contribution in [2.45, 2.75) is 12.3 Å². The molecule has 0 heterocycles. The van der Waals surface area contributed by atoms with Crippen LogP contribution in [0.25, 0.3) is 12.2 Å². The molecule has 4 heteroatoms. The predicted octanol–water partition coefficient (Wildman–Crippen LogP) is 4.49. The van der Waals surface area contributed by atoms with Gasteiger partial charge in [-0.05, 0) is 30.7 Å². The Morgan fingerprint density at radius 1 is 1.13 bits per heavy atom. The second-order valence-electron chi connectivity index (χ2n) is 4.96. The lowest BCUT2D eigenvalue weighted by molar-refractivity contribution is -0.133. The van der Waals surface area contributed by atoms with Gasteiger partial charge in [-0.2, -0.15) is 0 Å². The minimum absolute atomic E-state index is 0.354. The average Bonchev–Trinajstić information content (AvgIpc) is 2.55. The lowest BCUT2D eigenvalue weighted by Gasteiger charge is -2.10. The van der Waals surface area contributed by atoms with Crippen molar-refractivity contribution in [3.8, 4) is 0 Å². The molecule has 23 heavy (non-hydrogen) atoms. The third kappa shape index (κ3) is 5.31. The van der Waals surface area contributed by atoms with Crippen molar-refractivity contribution >= 4 is 35.4 Å². The highest BCUT2D eigenvalue weighted by Gasteiger charge is 2.11. The number of hydrogen-bond donors (Lipinski definition) is 1. The smallest absolute Gasteiger partial charge is 0.335 e. The number of nitrogens with two attached hydrogens (primary N) is 1. The maximum atomic E-state index is 12.0. The van der Waals surface area contributed by atoms with E-state index in [-0.39, 0.29) is 0 Å². The monoisotopic (exact) mass is 327 g/mol. The van der Waals surface area contributed by atoms with E-state index in [2.05, 4.69) is 0 Å². The van der Waals surface area contributed by atoms with E-state index in [4.69, 9.17) is 22.1 Å². The maximum absolute atomic E-state index is 12.0. The normalized spacial score (nSPS) is 13.0. The topological polar surface area (TPSA) is 52.3 Å². The number of para-hydroxylation sites is 1. The zero-order chi connectivity index (χ0) is 16.7. The van der Waals surface area contributed by atoms with Gasteiger partial charge in [-0.15, -0.1) is 11.6 Å². The van der Waals surface area contributed by atoms with Crippen LogP contribution in [0, 0.1) is 0 Å². The SMILES string of the molecule is CC(Cl)C(=Cc1ccccc1N)OC(=O)C=Cc1ccccc1. The van der Waals surface area contributed by atoms with E-state index in [1.165, 1.54) is 6.08 Å². The van der Waals surface area contributed by atoms with Crippen LogP contribution in [0.3, 0.4) is 0 Å². The molecule has 0 saturated carbocycles. The molecule has 2 aromatic carbocycles. The summed E-state index contributed by atoms with van der Waals surface area (Å²) in [6, 6.07) is 16.8. The summed E-state index contributed by atoms with van der Waals surface area (Å²) in [7, 11) is 0. The molecule has 0 aromatic heterocycles. The second kappa shape index (κ2) is 8.20. The fourth-order valence-corrected chi connectivity index (χ4v) is 2.01. The Labute approximate surface area is 141 Å². The Kier molecular flexibility index (Phi) is 6.01. The van der Waals surface area contributed by atoms with Crippen LogP contribution in [0.2, 0.25) is 0 Å². The first-order valence-electron chi connectivity index (χ1n) is 7.21. The molecule has 0 amide bonds. The van der Waals surface area contributed by atoms with Gasteiger partial charge in [0.05, 0.1) is 5.38 Å². The number of carbonyl (C=O) groups is 1. The molecule has 1 unspecified atom stereocenters. The highest BCUT2D eigenvalue weighted by Crippen LogP contribution is 2.20. The molecule has 0 radical (unpaired) electrons. The minimum Gasteiger partial charge on any atom is -0.426 e. The van der Waals surface area contributed by atoms with Gasteiger partial charge in [-0.25, -0.2) is 4.79 Å². The van der Waals surface area contributed by atoms with Crippen LogP contribution in [-0.2, 0) is 9.53 Å². The highest BCUT2D eigenvalue weighted by atomic mass is 35.5. The Hall–Kier alpha value is -2.52. The number of nitrogen functional groups attached to an aromatic ring is 1. The zero-order valence-corrected chi connectivity index (χ0v) is 13.5. The molecule has 0 spiro atoms. The third-order valence-corrected chi connectivity index (χ3v) is 3.33. The van der Waals surface area contributed by atoms with Gasteiger partial charge >= 0.3 is 5.97 Å². The first kappa shape index (κ1) is 16.8. The summed E-state index contributed by atoms with van der Waals surface area (Å²) in [4.78, 5) is 12.0. The minimum atomic E-state index is -0.484. The number of esters is 1. The van der Waals surface area contributed by atoms with Crippen LogP contribution in [0.5, 0.6) is 0 Å². The number of hydrogen-bond acceptors (Lipinski definition) is 3. The Morgan fingerprint density at radius 2 is 1.78 bits per heavy atom. The molecule has 118 valence electrons.